The average Bonchev–Trinajstić information content (AvgIpc) is 2.63. The monoisotopic (exact) mass is 215 g/mol. The van der Waals surface area contributed by atoms with Gasteiger partial charge in [-0.05, 0) is 19.8 Å². The van der Waals surface area contributed by atoms with Gasteiger partial charge in [-0.2, -0.15) is 0 Å². The van der Waals surface area contributed by atoms with Crippen LogP contribution in [0, 0.1) is 5.92 Å². The van der Waals surface area contributed by atoms with Crippen LogP contribution in [0.25, 0.3) is 0 Å². The molecule has 1 amide bonds. The molecule has 1 aliphatic heterocycles. The molecule has 0 spiro atoms. The van der Waals surface area contributed by atoms with Crippen LogP contribution in [-0.4, -0.2) is 48.3 Å². The van der Waals surface area contributed by atoms with Crippen LogP contribution in [0.1, 0.15) is 26.7 Å². The molecule has 0 aromatic heterocycles. The number of aliphatic hydroxyl groups excluding tert-OH is 1. The predicted molar refractivity (Wildman–Crippen MR) is 57.5 cm³/mol. The van der Waals surface area contributed by atoms with E-state index in [0.29, 0.717) is 13.2 Å². The lowest BCUT2D eigenvalue weighted by Crippen LogP contribution is -2.38. The lowest BCUT2D eigenvalue weighted by molar-refractivity contribution is -0.136. The van der Waals surface area contributed by atoms with E-state index in [4.69, 9.17) is 9.84 Å². The summed E-state index contributed by atoms with van der Waals surface area (Å²) in [5.41, 5.74) is 0. The Balaban J connectivity index is 2.47. The minimum Gasteiger partial charge on any atom is -0.395 e. The number of nitrogens with zero attached hydrogens (tertiary/aromatic N) is 1. The molecule has 0 radical (unpaired) electrons. The standard InChI is InChI=1S/C11H21NO3/c1-3-4-12(5-6-13)11(14)10-7-9(2)15-8-10/h9-10,13H,3-8H2,1-2H3. The Kier molecular flexibility index (Phi) is 5.05. The zero-order valence-corrected chi connectivity index (χ0v) is 9.61. The molecule has 0 bridgehead atoms. The Hall–Kier alpha value is -0.610. The van der Waals surface area contributed by atoms with E-state index in [0.717, 1.165) is 19.4 Å². The average molecular weight is 215 g/mol. The third kappa shape index (κ3) is 3.47. The number of hydrogen-bond donors (Lipinski definition) is 1. The molecule has 1 aliphatic rings. The lowest BCUT2D eigenvalue weighted by atomic mass is 10.0. The van der Waals surface area contributed by atoms with E-state index < -0.39 is 0 Å². The second-order valence-corrected chi connectivity index (χ2v) is 4.13. The van der Waals surface area contributed by atoms with Crippen LogP contribution in [0.3, 0.4) is 0 Å². The summed E-state index contributed by atoms with van der Waals surface area (Å²) in [6.45, 7) is 5.76. The van der Waals surface area contributed by atoms with Crippen molar-refractivity contribution in [2.75, 3.05) is 26.3 Å². The van der Waals surface area contributed by atoms with Crippen molar-refractivity contribution in [2.24, 2.45) is 5.92 Å². The highest BCUT2D eigenvalue weighted by Gasteiger charge is 2.30. The van der Waals surface area contributed by atoms with E-state index in [1.165, 1.54) is 0 Å². The van der Waals surface area contributed by atoms with Gasteiger partial charge < -0.3 is 14.7 Å². The van der Waals surface area contributed by atoms with Gasteiger partial charge in [-0.25, -0.2) is 0 Å². The number of ether oxygens (including phenoxy) is 1. The minimum atomic E-state index is -0.00176. The Bertz CT molecular complexity index is 202. The summed E-state index contributed by atoms with van der Waals surface area (Å²) in [6, 6.07) is 0. The van der Waals surface area contributed by atoms with Gasteiger partial charge in [0.1, 0.15) is 0 Å². The van der Waals surface area contributed by atoms with Crippen LogP contribution in [-0.2, 0) is 9.53 Å². The first-order valence-electron chi connectivity index (χ1n) is 5.70. The second kappa shape index (κ2) is 6.08. The lowest BCUT2D eigenvalue weighted by Gasteiger charge is -2.23. The van der Waals surface area contributed by atoms with Crippen LogP contribution in [0.4, 0.5) is 0 Å². The van der Waals surface area contributed by atoms with Gasteiger partial charge in [0.25, 0.3) is 0 Å². The van der Waals surface area contributed by atoms with Gasteiger partial charge in [-0.1, -0.05) is 6.92 Å². The molecule has 1 fully saturated rings. The molecule has 1 N–H and O–H groups in total. The van der Waals surface area contributed by atoms with Crippen molar-refractivity contribution < 1.29 is 14.6 Å². The molecule has 1 heterocycles. The zero-order valence-electron chi connectivity index (χ0n) is 9.61. The van der Waals surface area contributed by atoms with E-state index in [-0.39, 0.29) is 24.5 Å². The molecule has 2 unspecified atom stereocenters. The predicted octanol–water partition coefficient (Wildman–Crippen LogP) is 0.642. The van der Waals surface area contributed by atoms with Gasteiger partial charge in [0.2, 0.25) is 5.91 Å². The number of carbonyl (C=O) groups excluding carboxylic acids is 1. The van der Waals surface area contributed by atoms with Crippen LogP contribution >= 0.6 is 0 Å². The highest BCUT2D eigenvalue weighted by atomic mass is 16.5. The fourth-order valence-electron chi connectivity index (χ4n) is 1.97. The second-order valence-electron chi connectivity index (χ2n) is 4.13. The molecule has 0 aromatic rings. The van der Waals surface area contributed by atoms with Gasteiger partial charge >= 0.3 is 0 Å². The van der Waals surface area contributed by atoms with Crippen molar-refractivity contribution in [1.29, 1.82) is 0 Å². The maximum atomic E-state index is 12.0. The molecular formula is C11H21NO3. The fraction of sp³-hybridized carbons (Fsp3) is 0.909. The summed E-state index contributed by atoms with van der Waals surface area (Å²) in [5, 5.41) is 8.88. The van der Waals surface area contributed by atoms with Crippen LogP contribution in [0.2, 0.25) is 0 Å². The van der Waals surface area contributed by atoms with Gasteiger partial charge in [0.15, 0.2) is 0 Å². The zero-order chi connectivity index (χ0) is 11.3. The molecule has 1 saturated heterocycles. The molecule has 0 saturated carbocycles. The number of hydrogen-bond acceptors (Lipinski definition) is 3. The summed E-state index contributed by atoms with van der Waals surface area (Å²) < 4.78 is 5.38. The van der Waals surface area contributed by atoms with E-state index >= 15 is 0 Å². The van der Waals surface area contributed by atoms with Crippen molar-refractivity contribution >= 4 is 5.91 Å². The third-order valence-electron chi connectivity index (χ3n) is 2.72. The Morgan fingerprint density at radius 3 is 2.73 bits per heavy atom. The van der Waals surface area contributed by atoms with E-state index in [1.54, 1.807) is 4.90 Å². The summed E-state index contributed by atoms with van der Waals surface area (Å²) in [5.74, 6) is 0.133. The SMILES string of the molecule is CCCN(CCO)C(=O)C1COC(C)C1. The summed E-state index contributed by atoms with van der Waals surface area (Å²) in [7, 11) is 0. The first-order chi connectivity index (χ1) is 7.19. The quantitative estimate of drug-likeness (QED) is 0.732. The van der Waals surface area contributed by atoms with Gasteiger partial charge in [0.05, 0.1) is 25.2 Å². The molecule has 0 aromatic carbocycles. The molecule has 4 nitrogen and oxygen atoms in total. The van der Waals surface area contributed by atoms with Crippen molar-refractivity contribution in [2.45, 2.75) is 32.8 Å². The van der Waals surface area contributed by atoms with E-state index in [2.05, 4.69) is 0 Å². The third-order valence-corrected chi connectivity index (χ3v) is 2.72. The van der Waals surface area contributed by atoms with E-state index in [9.17, 15) is 4.79 Å². The van der Waals surface area contributed by atoms with Crippen LogP contribution in [0.5, 0.6) is 0 Å². The molecule has 2 atom stereocenters. The number of rotatable bonds is 5. The molecular weight excluding hydrogens is 194 g/mol. The molecule has 4 heteroatoms. The van der Waals surface area contributed by atoms with Gasteiger partial charge in [-0.3, -0.25) is 4.79 Å². The van der Waals surface area contributed by atoms with Gasteiger partial charge in [-0.15, -0.1) is 0 Å². The van der Waals surface area contributed by atoms with E-state index in [1.807, 2.05) is 13.8 Å². The summed E-state index contributed by atoms with van der Waals surface area (Å²) in [4.78, 5) is 13.7. The maximum Gasteiger partial charge on any atom is 0.228 e. The van der Waals surface area contributed by atoms with Gasteiger partial charge in [0, 0.05) is 13.1 Å². The highest BCUT2D eigenvalue weighted by molar-refractivity contribution is 5.79. The largest absolute Gasteiger partial charge is 0.395 e. The first kappa shape index (κ1) is 12.5. The smallest absolute Gasteiger partial charge is 0.228 e. The molecule has 1 rings (SSSR count). The summed E-state index contributed by atoms with van der Waals surface area (Å²) >= 11 is 0. The van der Waals surface area contributed by atoms with Crippen molar-refractivity contribution in [3.63, 3.8) is 0 Å². The van der Waals surface area contributed by atoms with Crippen molar-refractivity contribution in [3.05, 3.63) is 0 Å². The Morgan fingerprint density at radius 1 is 1.53 bits per heavy atom. The number of carbonyl (C=O) groups is 1. The summed E-state index contributed by atoms with van der Waals surface area (Å²) in [6.07, 6.45) is 1.93. The van der Waals surface area contributed by atoms with Crippen LogP contribution < -0.4 is 0 Å². The Labute approximate surface area is 91.2 Å². The van der Waals surface area contributed by atoms with Crippen molar-refractivity contribution in [1.82, 2.24) is 4.90 Å². The number of aliphatic hydroxyl groups is 1. The fourth-order valence-corrected chi connectivity index (χ4v) is 1.97. The number of amides is 1. The van der Waals surface area contributed by atoms with Crippen molar-refractivity contribution in [3.8, 4) is 0 Å². The molecule has 15 heavy (non-hydrogen) atoms. The Morgan fingerprint density at radius 2 is 2.27 bits per heavy atom. The maximum absolute atomic E-state index is 12.0. The first-order valence-corrected chi connectivity index (χ1v) is 5.70. The molecule has 88 valence electrons. The highest BCUT2D eigenvalue weighted by Crippen LogP contribution is 2.21. The minimum absolute atomic E-state index is 0.00176. The molecule has 0 aliphatic carbocycles. The topological polar surface area (TPSA) is 49.8 Å². The van der Waals surface area contributed by atoms with Crippen LogP contribution in [0.15, 0.2) is 0 Å². The normalized spacial score (nSPS) is 25.5.